The summed E-state index contributed by atoms with van der Waals surface area (Å²) in [6, 6.07) is 5.08. The summed E-state index contributed by atoms with van der Waals surface area (Å²) < 4.78 is 5.46. The van der Waals surface area contributed by atoms with Crippen molar-refractivity contribution in [2.75, 3.05) is 25.5 Å². The van der Waals surface area contributed by atoms with Crippen molar-refractivity contribution in [1.29, 1.82) is 0 Å². The first kappa shape index (κ1) is 16.9. The van der Waals surface area contributed by atoms with Crippen LogP contribution in [0.5, 0.6) is 0 Å². The molecule has 0 saturated carbocycles. The molecule has 1 aliphatic rings. The van der Waals surface area contributed by atoms with Crippen LogP contribution in [-0.4, -0.2) is 30.8 Å². The minimum atomic E-state index is 0.462. The summed E-state index contributed by atoms with van der Waals surface area (Å²) in [4.78, 5) is 0. The first-order valence-electron chi connectivity index (χ1n) is 8.12. The van der Waals surface area contributed by atoms with Crippen molar-refractivity contribution < 1.29 is 4.74 Å². The van der Waals surface area contributed by atoms with Crippen LogP contribution in [0.1, 0.15) is 48.1 Å². The molecule has 0 radical (unpaired) electrons. The Morgan fingerprint density at radius 3 is 2.38 bits per heavy atom. The second kappa shape index (κ2) is 8.21. The SMILES string of the molecule is CCNC(CSC1CCOCC1)c1c(C)cc(C)cc1C. The number of aryl methyl sites for hydroxylation is 3. The van der Waals surface area contributed by atoms with Gasteiger partial charge in [-0.2, -0.15) is 11.8 Å². The summed E-state index contributed by atoms with van der Waals surface area (Å²) in [6.45, 7) is 11.8. The highest BCUT2D eigenvalue weighted by Crippen LogP contribution is 2.30. The molecule has 0 aliphatic carbocycles. The number of hydrogen-bond donors (Lipinski definition) is 1. The first-order valence-corrected chi connectivity index (χ1v) is 9.17. The normalized spacial score (nSPS) is 17.9. The molecule has 1 aromatic rings. The Morgan fingerprint density at radius 2 is 1.81 bits per heavy atom. The molecule has 0 spiro atoms. The van der Waals surface area contributed by atoms with E-state index in [9.17, 15) is 0 Å². The summed E-state index contributed by atoms with van der Waals surface area (Å²) in [7, 11) is 0. The van der Waals surface area contributed by atoms with Gasteiger partial charge in [0, 0.05) is 30.3 Å². The molecule has 2 rings (SSSR count). The number of ether oxygens (including phenoxy) is 1. The maximum absolute atomic E-state index is 5.46. The van der Waals surface area contributed by atoms with Gasteiger partial charge in [0.15, 0.2) is 0 Å². The van der Waals surface area contributed by atoms with Gasteiger partial charge in [0.25, 0.3) is 0 Å². The van der Waals surface area contributed by atoms with Gasteiger partial charge in [0.2, 0.25) is 0 Å². The predicted octanol–water partition coefficient (Wildman–Crippen LogP) is 4.17. The van der Waals surface area contributed by atoms with Gasteiger partial charge in [0.05, 0.1) is 0 Å². The summed E-state index contributed by atoms with van der Waals surface area (Å²) in [5.74, 6) is 1.16. The third kappa shape index (κ3) is 4.73. The fourth-order valence-corrected chi connectivity index (χ4v) is 4.58. The lowest BCUT2D eigenvalue weighted by molar-refractivity contribution is 0.1000. The largest absolute Gasteiger partial charge is 0.381 e. The van der Waals surface area contributed by atoms with Crippen LogP contribution in [-0.2, 0) is 4.74 Å². The molecule has 1 atom stereocenters. The fourth-order valence-electron chi connectivity index (χ4n) is 3.31. The summed E-state index contributed by atoms with van der Waals surface area (Å²) in [5.41, 5.74) is 5.71. The Morgan fingerprint density at radius 1 is 1.19 bits per heavy atom. The lowest BCUT2D eigenvalue weighted by Gasteiger charge is -2.27. The van der Waals surface area contributed by atoms with E-state index in [0.29, 0.717) is 6.04 Å². The Hall–Kier alpha value is -0.510. The molecule has 2 nitrogen and oxygen atoms in total. The number of nitrogens with one attached hydrogen (secondary N) is 1. The smallest absolute Gasteiger partial charge is 0.0476 e. The number of rotatable bonds is 6. The molecule has 1 aromatic carbocycles. The standard InChI is InChI=1S/C18H29NOS/c1-5-19-17(12-21-16-6-8-20-9-7-16)18-14(3)10-13(2)11-15(18)4/h10-11,16-17,19H,5-9,12H2,1-4H3. The lowest BCUT2D eigenvalue weighted by atomic mass is 9.95. The van der Waals surface area contributed by atoms with Crippen molar-refractivity contribution in [3.63, 3.8) is 0 Å². The Bertz CT molecular complexity index is 432. The van der Waals surface area contributed by atoms with Crippen LogP contribution in [0, 0.1) is 20.8 Å². The molecular formula is C18H29NOS. The van der Waals surface area contributed by atoms with E-state index in [4.69, 9.17) is 4.74 Å². The average Bonchev–Trinajstić information content (AvgIpc) is 2.45. The van der Waals surface area contributed by atoms with E-state index in [2.05, 4.69) is 56.9 Å². The average molecular weight is 308 g/mol. The zero-order valence-electron chi connectivity index (χ0n) is 13.9. The summed E-state index contributed by atoms with van der Waals surface area (Å²) in [6.07, 6.45) is 2.41. The van der Waals surface area contributed by atoms with E-state index in [1.165, 1.54) is 35.1 Å². The molecule has 118 valence electrons. The third-order valence-corrected chi connectivity index (χ3v) is 5.67. The van der Waals surface area contributed by atoms with Gasteiger partial charge >= 0.3 is 0 Å². The number of hydrogen-bond acceptors (Lipinski definition) is 3. The molecule has 1 fully saturated rings. The minimum absolute atomic E-state index is 0.462. The van der Waals surface area contributed by atoms with E-state index >= 15 is 0 Å². The Kier molecular flexibility index (Phi) is 6.59. The molecule has 1 N–H and O–H groups in total. The number of thioether (sulfide) groups is 1. The maximum atomic E-state index is 5.46. The van der Waals surface area contributed by atoms with Crippen molar-refractivity contribution in [1.82, 2.24) is 5.32 Å². The minimum Gasteiger partial charge on any atom is -0.381 e. The fraction of sp³-hybridized carbons (Fsp3) is 0.667. The Labute approximate surface area is 134 Å². The third-order valence-electron chi connectivity index (χ3n) is 4.20. The zero-order chi connectivity index (χ0) is 15.2. The predicted molar refractivity (Wildman–Crippen MR) is 93.4 cm³/mol. The molecule has 0 amide bonds. The second-order valence-electron chi connectivity index (χ2n) is 6.07. The van der Waals surface area contributed by atoms with Crippen LogP contribution in [0.25, 0.3) is 0 Å². The molecular weight excluding hydrogens is 278 g/mol. The van der Waals surface area contributed by atoms with Gasteiger partial charge in [0.1, 0.15) is 0 Å². The molecule has 3 heteroatoms. The highest BCUT2D eigenvalue weighted by molar-refractivity contribution is 7.99. The first-order chi connectivity index (χ1) is 10.1. The van der Waals surface area contributed by atoms with Crippen LogP contribution in [0.4, 0.5) is 0 Å². The zero-order valence-corrected chi connectivity index (χ0v) is 14.7. The van der Waals surface area contributed by atoms with Crippen molar-refractivity contribution in [2.24, 2.45) is 0 Å². The van der Waals surface area contributed by atoms with Gasteiger partial charge in [-0.05, 0) is 56.8 Å². The van der Waals surface area contributed by atoms with Gasteiger partial charge in [-0.3, -0.25) is 0 Å². The highest BCUT2D eigenvalue weighted by atomic mass is 32.2. The van der Waals surface area contributed by atoms with Crippen LogP contribution in [0.3, 0.4) is 0 Å². The number of benzene rings is 1. The van der Waals surface area contributed by atoms with E-state index in [1.54, 1.807) is 0 Å². The molecule has 1 heterocycles. The second-order valence-corrected chi connectivity index (χ2v) is 7.40. The summed E-state index contributed by atoms with van der Waals surface area (Å²) >= 11 is 2.12. The van der Waals surface area contributed by atoms with Crippen molar-refractivity contribution in [3.05, 3.63) is 34.4 Å². The molecule has 1 aliphatic heterocycles. The Balaban J connectivity index is 2.07. The van der Waals surface area contributed by atoms with Crippen LogP contribution >= 0.6 is 11.8 Å². The van der Waals surface area contributed by atoms with E-state index in [-0.39, 0.29) is 0 Å². The highest BCUT2D eigenvalue weighted by Gasteiger charge is 2.20. The molecule has 21 heavy (non-hydrogen) atoms. The van der Waals surface area contributed by atoms with Crippen molar-refractivity contribution >= 4 is 11.8 Å². The van der Waals surface area contributed by atoms with E-state index < -0.39 is 0 Å². The van der Waals surface area contributed by atoms with Crippen LogP contribution in [0.2, 0.25) is 0 Å². The molecule has 1 saturated heterocycles. The molecule has 0 aromatic heterocycles. The summed E-state index contributed by atoms with van der Waals surface area (Å²) in [5, 5.41) is 4.46. The van der Waals surface area contributed by atoms with Crippen molar-refractivity contribution in [2.45, 2.75) is 51.8 Å². The van der Waals surface area contributed by atoms with Gasteiger partial charge in [-0.25, -0.2) is 0 Å². The van der Waals surface area contributed by atoms with Crippen LogP contribution in [0.15, 0.2) is 12.1 Å². The topological polar surface area (TPSA) is 21.3 Å². The van der Waals surface area contributed by atoms with Gasteiger partial charge < -0.3 is 10.1 Å². The van der Waals surface area contributed by atoms with E-state index in [1.807, 2.05) is 0 Å². The quantitative estimate of drug-likeness (QED) is 0.852. The van der Waals surface area contributed by atoms with Crippen molar-refractivity contribution in [3.8, 4) is 0 Å². The molecule has 1 unspecified atom stereocenters. The van der Waals surface area contributed by atoms with Gasteiger partial charge in [-0.15, -0.1) is 0 Å². The monoisotopic (exact) mass is 307 g/mol. The lowest BCUT2D eigenvalue weighted by Crippen LogP contribution is -2.26. The van der Waals surface area contributed by atoms with Crippen LogP contribution < -0.4 is 5.32 Å². The maximum Gasteiger partial charge on any atom is 0.0476 e. The van der Waals surface area contributed by atoms with E-state index in [0.717, 1.165) is 30.8 Å². The van der Waals surface area contributed by atoms with Gasteiger partial charge in [-0.1, -0.05) is 24.6 Å². The molecule has 0 bridgehead atoms.